The Bertz CT molecular complexity index is 1250. The fourth-order valence-corrected chi connectivity index (χ4v) is 4.16. The van der Waals surface area contributed by atoms with Crippen molar-refractivity contribution < 1.29 is 24.2 Å². The van der Waals surface area contributed by atoms with Gasteiger partial charge in [0.25, 0.3) is 0 Å². The molecule has 1 saturated heterocycles. The molecule has 10 heteroatoms. The van der Waals surface area contributed by atoms with Crippen molar-refractivity contribution in [2.75, 3.05) is 44.6 Å². The van der Waals surface area contributed by atoms with Gasteiger partial charge in [-0.1, -0.05) is 24.3 Å². The zero-order valence-corrected chi connectivity index (χ0v) is 22.6. The largest absolute Gasteiger partial charge is 0.543 e. The van der Waals surface area contributed by atoms with E-state index in [2.05, 4.69) is 32.5 Å². The molecule has 3 aromatic rings. The fourth-order valence-electron chi connectivity index (χ4n) is 4.16. The van der Waals surface area contributed by atoms with E-state index in [0.29, 0.717) is 25.4 Å². The number of carbonyl (C=O) groups excluding carboxylic acids is 2. The van der Waals surface area contributed by atoms with Crippen molar-refractivity contribution in [2.24, 2.45) is 0 Å². The highest BCUT2D eigenvalue weighted by Crippen LogP contribution is 2.21. The number of piperazine rings is 1. The molecule has 0 radical (unpaired) electrons. The summed E-state index contributed by atoms with van der Waals surface area (Å²) in [5.41, 5.74) is 2.63. The summed E-state index contributed by atoms with van der Waals surface area (Å²) in [5, 5.41) is 21.5. The van der Waals surface area contributed by atoms with Crippen LogP contribution < -0.4 is 15.2 Å². The third kappa shape index (κ3) is 8.41. The molecule has 0 spiro atoms. The van der Waals surface area contributed by atoms with E-state index < -0.39 is 11.6 Å². The van der Waals surface area contributed by atoms with Crippen LogP contribution in [0.15, 0.2) is 60.8 Å². The number of nitrogens with zero attached hydrogens (tertiary/aromatic N) is 4. The van der Waals surface area contributed by atoms with Crippen LogP contribution in [0.1, 0.15) is 42.4 Å². The van der Waals surface area contributed by atoms with Gasteiger partial charge in [0.1, 0.15) is 23.7 Å². The number of hydrogen-bond donors (Lipinski definition) is 1. The van der Waals surface area contributed by atoms with E-state index >= 15 is 0 Å². The highest BCUT2D eigenvalue weighted by atomic mass is 16.6. The normalized spacial score (nSPS) is 14.1. The number of rotatable bonds is 9. The smallest absolute Gasteiger partial charge is 0.410 e. The Labute approximate surface area is 228 Å². The van der Waals surface area contributed by atoms with E-state index in [-0.39, 0.29) is 11.8 Å². The minimum atomic E-state index is -1.38. The molecule has 10 nitrogen and oxygen atoms in total. The zero-order valence-electron chi connectivity index (χ0n) is 22.6. The maximum absolute atomic E-state index is 12.2. The molecule has 1 amide bonds. The van der Waals surface area contributed by atoms with Crippen LogP contribution in [0.4, 0.5) is 16.2 Å². The number of aromatic carboxylic acids is 1. The lowest BCUT2D eigenvalue weighted by Gasteiger charge is -2.35. The van der Waals surface area contributed by atoms with Crippen molar-refractivity contribution in [1.29, 1.82) is 0 Å². The van der Waals surface area contributed by atoms with E-state index in [4.69, 9.17) is 9.47 Å². The lowest BCUT2D eigenvalue weighted by atomic mass is 10.0. The van der Waals surface area contributed by atoms with E-state index in [0.717, 1.165) is 48.6 Å². The van der Waals surface area contributed by atoms with Crippen molar-refractivity contribution in [2.45, 2.75) is 32.8 Å². The highest BCUT2D eigenvalue weighted by Gasteiger charge is 2.25. The molecule has 0 bridgehead atoms. The molecule has 0 unspecified atom stereocenters. The second-order valence-corrected chi connectivity index (χ2v) is 10.4. The number of hydrogen-bond acceptors (Lipinski definition) is 9. The van der Waals surface area contributed by atoms with Crippen LogP contribution in [-0.2, 0) is 11.2 Å². The Morgan fingerprint density at radius 3 is 2.21 bits per heavy atom. The van der Waals surface area contributed by atoms with Crippen molar-refractivity contribution in [1.82, 2.24) is 20.0 Å². The van der Waals surface area contributed by atoms with Crippen molar-refractivity contribution in [3.05, 3.63) is 77.6 Å². The topological polar surface area (TPSA) is 120 Å². The number of amides is 1. The summed E-state index contributed by atoms with van der Waals surface area (Å²) >= 11 is 0. The highest BCUT2D eigenvalue weighted by molar-refractivity contribution is 5.91. The van der Waals surface area contributed by atoms with Crippen LogP contribution in [-0.4, -0.2) is 77.0 Å². The molecule has 1 N–H and O–H groups in total. The Morgan fingerprint density at radius 2 is 1.59 bits per heavy atom. The van der Waals surface area contributed by atoms with E-state index in [1.165, 1.54) is 6.20 Å². The first kappa shape index (κ1) is 27.8. The van der Waals surface area contributed by atoms with Crippen molar-refractivity contribution in [3.8, 4) is 5.75 Å². The first-order chi connectivity index (χ1) is 18.7. The number of carbonyl (C=O) groups is 2. The van der Waals surface area contributed by atoms with Gasteiger partial charge in [0.2, 0.25) is 0 Å². The average molecular weight is 533 g/mol. The first-order valence-electron chi connectivity index (χ1n) is 13.0. The summed E-state index contributed by atoms with van der Waals surface area (Å²) < 4.78 is 11.4. The molecular formula is C29H34N5O5-. The van der Waals surface area contributed by atoms with Gasteiger partial charge < -0.3 is 29.6 Å². The molecule has 0 aliphatic carbocycles. The van der Waals surface area contributed by atoms with Crippen LogP contribution in [0.3, 0.4) is 0 Å². The number of anilines is 2. The van der Waals surface area contributed by atoms with Crippen LogP contribution in [0.5, 0.6) is 5.75 Å². The standard InChI is InChI=1S/C29H35N5O5/c1-29(2,3)39-28(37)34-16-14-33(15-17-34)18-19-38-24-10-6-22(7-11-24)20-21-4-8-23(9-5-21)31-25-12-13-30-32-26(25)27(35)36/h4-13H,14-20H2,1-3H3,(H,30,31)(H,35,36)/p-1. The summed E-state index contributed by atoms with van der Waals surface area (Å²) in [6, 6.07) is 17.4. The van der Waals surface area contributed by atoms with Crippen LogP contribution in [0.25, 0.3) is 0 Å². The number of ether oxygens (including phenoxy) is 2. The van der Waals surface area contributed by atoms with Crippen molar-refractivity contribution >= 4 is 23.4 Å². The Morgan fingerprint density at radius 1 is 0.949 bits per heavy atom. The zero-order chi connectivity index (χ0) is 27.8. The van der Waals surface area contributed by atoms with Crippen LogP contribution in [0.2, 0.25) is 0 Å². The van der Waals surface area contributed by atoms with Gasteiger partial charge >= 0.3 is 6.09 Å². The molecule has 1 aliphatic heterocycles. The molecule has 1 aliphatic rings. The van der Waals surface area contributed by atoms with E-state index in [1.54, 1.807) is 11.0 Å². The summed E-state index contributed by atoms with van der Waals surface area (Å²) in [6.07, 6.45) is 1.93. The third-order valence-corrected chi connectivity index (χ3v) is 6.18. The number of benzene rings is 2. The van der Waals surface area contributed by atoms with Gasteiger partial charge in [-0.25, -0.2) is 4.79 Å². The Kier molecular flexibility index (Phi) is 8.98. The number of aromatic nitrogens is 2. The molecule has 4 rings (SSSR count). The Balaban J connectivity index is 1.19. The summed E-state index contributed by atoms with van der Waals surface area (Å²) in [5.74, 6) is -0.562. The van der Waals surface area contributed by atoms with E-state index in [9.17, 15) is 14.7 Å². The molecule has 1 fully saturated rings. The molecule has 2 aromatic carbocycles. The number of carboxylic acids is 1. The average Bonchev–Trinajstić information content (AvgIpc) is 2.90. The molecule has 39 heavy (non-hydrogen) atoms. The monoisotopic (exact) mass is 532 g/mol. The van der Waals surface area contributed by atoms with Gasteiger partial charge in [-0.15, -0.1) is 5.10 Å². The third-order valence-electron chi connectivity index (χ3n) is 6.18. The summed E-state index contributed by atoms with van der Waals surface area (Å²) in [4.78, 5) is 27.5. The summed E-state index contributed by atoms with van der Waals surface area (Å²) in [7, 11) is 0. The van der Waals surface area contributed by atoms with Crippen LogP contribution in [0, 0.1) is 0 Å². The predicted octanol–water partition coefficient (Wildman–Crippen LogP) is 3.11. The predicted molar refractivity (Wildman–Crippen MR) is 145 cm³/mol. The first-order valence-corrected chi connectivity index (χ1v) is 13.0. The lowest BCUT2D eigenvalue weighted by molar-refractivity contribution is -0.255. The van der Waals surface area contributed by atoms with Gasteiger partial charge in [-0.05, 0) is 68.7 Å². The maximum atomic E-state index is 12.2. The molecule has 0 saturated carbocycles. The molecule has 2 heterocycles. The second kappa shape index (κ2) is 12.6. The lowest BCUT2D eigenvalue weighted by Crippen LogP contribution is -2.50. The minimum Gasteiger partial charge on any atom is -0.543 e. The van der Waals surface area contributed by atoms with Gasteiger partial charge in [-0.3, -0.25) is 4.90 Å². The molecule has 1 aromatic heterocycles. The van der Waals surface area contributed by atoms with Gasteiger partial charge in [0.05, 0.1) is 17.9 Å². The Hall–Kier alpha value is -4.18. The molecule has 0 atom stereocenters. The number of nitrogens with one attached hydrogen (secondary N) is 1. The van der Waals surface area contributed by atoms with Gasteiger partial charge in [0.15, 0.2) is 0 Å². The SMILES string of the molecule is CC(C)(C)OC(=O)N1CCN(CCOc2ccc(Cc3ccc(Nc4ccnnc4C(=O)[O-])cc3)cc2)CC1. The van der Waals surface area contributed by atoms with Crippen LogP contribution >= 0.6 is 0 Å². The maximum Gasteiger partial charge on any atom is 0.410 e. The number of carboxylic acid groups (broad SMARTS) is 1. The molecular weight excluding hydrogens is 498 g/mol. The minimum absolute atomic E-state index is 0.232. The van der Waals surface area contributed by atoms with Gasteiger partial charge in [-0.2, -0.15) is 5.10 Å². The quantitative estimate of drug-likeness (QED) is 0.443. The van der Waals surface area contributed by atoms with Gasteiger partial charge in [0, 0.05) is 38.4 Å². The van der Waals surface area contributed by atoms with E-state index in [1.807, 2.05) is 57.2 Å². The van der Waals surface area contributed by atoms with Crippen molar-refractivity contribution in [3.63, 3.8) is 0 Å². The molecule has 206 valence electrons. The summed E-state index contributed by atoms with van der Waals surface area (Å²) in [6.45, 7) is 9.91. The second-order valence-electron chi connectivity index (χ2n) is 10.4. The fraction of sp³-hybridized carbons (Fsp3) is 0.379.